The summed E-state index contributed by atoms with van der Waals surface area (Å²) >= 11 is 0. The second-order valence-electron chi connectivity index (χ2n) is 5.05. The van der Waals surface area contributed by atoms with Crippen LogP contribution < -0.4 is 9.47 Å². The largest absolute Gasteiger partial charge is 0.493 e. The van der Waals surface area contributed by atoms with Crippen LogP contribution >= 0.6 is 0 Å². The van der Waals surface area contributed by atoms with E-state index in [4.69, 9.17) is 14.2 Å². The Morgan fingerprint density at radius 2 is 1.86 bits per heavy atom. The fourth-order valence-corrected chi connectivity index (χ4v) is 2.73. The number of nitrogens with zero attached hydrogens (tertiary/aromatic N) is 1. The van der Waals surface area contributed by atoms with Crippen LogP contribution in [0.4, 0.5) is 0 Å². The van der Waals surface area contributed by atoms with Crippen molar-refractivity contribution in [1.82, 2.24) is 4.90 Å². The summed E-state index contributed by atoms with van der Waals surface area (Å²) < 4.78 is 15.4. The Kier molecular flexibility index (Phi) is 4.90. The quantitative estimate of drug-likeness (QED) is 0.628. The van der Waals surface area contributed by atoms with Gasteiger partial charge in [-0.2, -0.15) is 0 Å². The van der Waals surface area contributed by atoms with Crippen molar-refractivity contribution in [3.63, 3.8) is 0 Å². The van der Waals surface area contributed by atoms with Crippen molar-refractivity contribution in [2.24, 2.45) is 0 Å². The summed E-state index contributed by atoms with van der Waals surface area (Å²) in [7, 11) is 3.16. The highest BCUT2D eigenvalue weighted by atomic mass is 16.5. The minimum Gasteiger partial charge on any atom is -0.493 e. The highest BCUT2D eigenvalue weighted by Gasteiger charge is 2.33. The molecule has 1 heterocycles. The summed E-state index contributed by atoms with van der Waals surface area (Å²) in [5, 5.41) is 0. The van der Waals surface area contributed by atoms with Crippen molar-refractivity contribution in [3.8, 4) is 11.5 Å². The Balaban J connectivity index is 2.31. The smallest absolute Gasteiger partial charge is 0.397 e. The van der Waals surface area contributed by atoms with Gasteiger partial charge in [-0.05, 0) is 43.5 Å². The van der Waals surface area contributed by atoms with E-state index in [1.807, 2.05) is 19.1 Å². The molecule has 22 heavy (non-hydrogen) atoms. The topological polar surface area (TPSA) is 65.1 Å². The third-order valence-corrected chi connectivity index (χ3v) is 3.90. The predicted molar refractivity (Wildman–Crippen MR) is 80.0 cm³/mol. The van der Waals surface area contributed by atoms with Gasteiger partial charge in [0.1, 0.15) is 0 Å². The molecule has 1 unspecified atom stereocenters. The van der Waals surface area contributed by atoms with Gasteiger partial charge >= 0.3 is 11.9 Å². The molecule has 6 heteroatoms. The van der Waals surface area contributed by atoms with E-state index in [1.54, 1.807) is 21.1 Å². The van der Waals surface area contributed by atoms with Gasteiger partial charge in [-0.25, -0.2) is 4.79 Å². The molecule has 1 aliphatic rings. The molecule has 6 nitrogen and oxygen atoms in total. The molecule has 2 rings (SSSR count). The maximum atomic E-state index is 12.2. The van der Waals surface area contributed by atoms with Gasteiger partial charge in [0.15, 0.2) is 11.5 Å². The molecule has 0 saturated heterocycles. The number of esters is 1. The number of hydrogen-bond acceptors (Lipinski definition) is 5. The minimum atomic E-state index is -0.807. The fraction of sp³-hybridized carbons (Fsp3) is 0.500. The monoisotopic (exact) mass is 307 g/mol. The van der Waals surface area contributed by atoms with Crippen LogP contribution in [0, 0.1) is 0 Å². The van der Waals surface area contributed by atoms with E-state index in [0.717, 1.165) is 11.1 Å². The molecular formula is C16H21NO5. The Morgan fingerprint density at radius 3 is 2.45 bits per heavy atom. The van der Waals surface area contributed by atoms with E-state index < -0.39 is 11.9 Å². The molecule has 0 aromatic heterocycles. The lowest BCUT2D eigenvalue weighted by molar-refractivity contribution is -0.161. The van der Waals surface area contributed by atoms with Crippen molar-refractivity contribution >= 4 is 11.9 Å². The Labute approximate surface area is 129 Å². The predicted octanol–water partition coefficient (Wildman–Crippen LogP) is 1.71. The maximum Gasteiger partial charge on any atom is 0.397 e. The first-order valence-electron chi connectivity index (χ1n) is 7.26. The fourth-order valence-electron chi connectivity index (χ4n) is 2.73. The highest BCUT2D eigenvalue weighted by Crippen LogP contribution is 2.37. The van der Waals surface area contributed by atoms with E-state index in [-0.39, 0.29) is 12.6 Å². The number of rotatable bonds is 3. The number of fused-ring (bicyclic) bond motifs is 1. The molecule has 0 spiro atoms. The Morgan fingerprint density at radius 1 is 1.23 bits per heavy atom. The molecule has 1 atom stereocenters. The molecule has 1 amide bonds. The molecule has 0 saturated carbocycles. The zero-order chi connectivity index (χ0) is 16.3. The van der Waals surface area contributed by atoms with Gasteiger partial charge < -0.3 is 19.1 Å². The van der Waals surface area contributed by atoms with Crippen molar-refractivity contribution < 1.29 is 23.8 Å². The first kappa shape index (κ1) is 16.1. The van der Waals surface area contributed by atoms with Crippen LogP contribution in [0.15, 0.2) is 12.1 Å². The minimum absolute atomic E-state index is 0.189. The second-order valence-corrected chi connectivity index (χ2v) is 5.05. The normalized spacial score (nSPS) is 16.7. The van der Waals surface area contributed by atoms with Crippen molar-refractivity contribution in [3.05, 3.63) is 23.3 Å². The van der Waals surface area contributed by atoms with Gasteiger partial charge in [0.25, 0.3) is 0 Å². The van der Waals surface area contributed by atoms with Crippen LogP contribution in [0.25, 0.3) is 0 Å². The molecule has 0 N–H and O–H groups in total. The summed E-state index contributed by atoms with van der Waals surface area (Å²) in [6.07, 6.45) is 0.658. The molecule has 1 aromatic rings. The third kappa shape index (κ3) is 2.86. The first-order valence-corrected chi connectivity index (χ1v) is 7.26. The lowest BCUT2D eigenvalue weighted by Crippen LogP contribution is -2.43. The van der Waals surface area contributed by atoms with Crippen LogP contribution in [0.5, 0.6) is 11.5 Å². The van der Waals surface area contributed by atoms with Crippen LogP contribution in [0.3, 0.4) is 0 Å². The van der Waals surface area contributed by atoms with Gasteiger partial charge in [0.05, 0.1) is 26.9 Å². The first-order chi connectivity index (χ1) is 10.5. The highest BCUT2D eigenvalue weighted by molar-refractivity contribution is 6.32. The third-order valence-electron chi connectivity index (χ3n) is 3.90. The summed E-state index contributed by atoms with van der Waals surface area (Å²) in [6, 6.07) is 3.57. The number of methoxy groups -OCH3 is 2. The SMILES string of the molecule is CCOC(=O)C(=O)N1CCc2cc(OC)c(OC)cc2C1C. The van der Waals surface area contributed by atoms with E-state index in [0.29, 0.717) is 24.5 Å². The van der Waals surface area contributed by atoms with Crippen molar-refractivity contribution in [2.75, 3.05) is 27.4 Å². The molecule has 1 aromatic carbocycles. The number of hydrogen-bond donors (Lipinski definition) is 0. The van der Waals surface area contributed by atoms with Gasteiger partial charge in [-0.15, -0.1) is 0 Å². The number of benzene rings is 1. The van der Waals surface area contributed by atoms with E-state index >= 15 is 0 Å². The van der Waals surface area contributed by atoms with Crippen LogP contribution in [-0.2, 0) is 20.7 Å². The average Bonchev–Trinajstić information content (AvgIpc) is 2.53. The Hall–Kier alpha value is -2.24. The van der Waals surface area contributed by atoms with E-state index in [9.17, 15) is 9.59 Å². The summed E-state index contributed by atoms with van der Waals surface area (Å²) in [6.45, 7) is 4.23. The maximum absolute atomic E-state index is 12.2. The van der Waals surface area contributed by atoms with Crippen LogP contribution in [0.1, 0.15) is 31.0 Å². The second kappa shape index (κ2) is 6.68. The molecule has 0 bridgehead atoms. The summed E-state index contributed by atoms with van der Waals surface area (Å²) in [5.74, 6) is -0.134. The number of carbonyl (C=O) groups excluding carboxylic acids is 2. The van der Waals surface area contributed by atoms with Crippen LogP contribution in [0.2, 0.25) is 0 Å². The number of ether oxygens (including phenoxy) is 3. The zero-order valence-electron chi connectivity index (χ0n) is 13.3. The number of amides is 1. The summed E-state index contributed by atoms with van der Waals surface area (Å²) in [5.41, 5.74) is 2.06. The molecule has 0 aliphatic carbocycles. The number of carbonyl (C=O) groups is 2. The molecule has 1 aliphatic heterocycles. The van der Waals surface area contributed by atoms with Crippen molar-refractivity contribution in [2.45, 2.75) is 26.3 Å². The zero-order valence-corrected chi connectivity index (χ0v) is 13.3. The van der Waals surface area contributed by atoms with Gasteiger partial charge in [-0.1, -0.05) is 0 Å². The summed E-state index contributed by atoms with van der Waals surface area (Å²) in [4.78, 5) is 25.4. The van der Waals surface area contributed by atoms with Gasteiger partial charge in [0.2, 0.25) is 0 Å². The lowest BCUT2D eigenvalue weighted by Gasteiger charge is -2.35. The van der Waals surface area contributed by atoms with E-state index in [1.165, 1.54) is 4.90 Å². The molecule has 0 radical (unpaired) electrons. The lowest BCUT2D eigenvalue weighted by atomic mass is 9.92. The standard InChI is InChI=1S/C16H21NO5/c1-5-22-16(19)15(18)17-7-6-11-8-13(20-3)14(21-4)9-12(11)10(17)2/h8-10H,5-7H2,1-4H3. The molecular weight excluding hydrogens is 286 g/mol. The Bertz CT molecular complexity index is 584. The van der Waals surface area contributed by atoms with E-state index in [2.05, 4.69) is 0 Å². The van der Waals surface area contributed by atoms with Crippen LogP contribution in [-0.4, -0.2) is 44.1 Å². The molecule has 120 valence electrons. The average molecular weight is 307 g/mol. The van der Waals surface area contributed by atoms with Gasteiger partial charge in [-0.3, -0.25) is 4.79 Å². The van der Waals surface area contributed by atoms with Crippen molar-refractivity contribution in [1.29, 1.82) is 0 Å². The van der Waals surface area contributed by atoms with Gasteiger partial charge in [0, 0.05) is 6.54 Å². The molecule has 0 fully saturated rings.